The predicted molar refractivity (Wildman–Crippen MR) is 121 cm³/mol. The molecule has 158 valence electrons. The van der Waals surface area contributed by atoms with Gasteiger partial charge in [-0.1, -0.05) is 50.2 Å². The monoisotopic (exact) mass is 404 g/mol. The Kier molecular flexibility index (Phi) is 6.14. The van der Waals surface area contributed by atoms with Gasteiger partial charge in [0.15, 0.2) is 11.5 Å². The Labute approximate surface area is 180 Å². The molecule has 1 aliphatic heterocycles. The van der Waals surface area contributed by atoms with Crippen LogP contribution < -0.4 is 9.47 Å². The van der Waals surface area contributed by atoms with Crippen LogP contribution in [0.2, 0.25) is 0 Å². The normalized spacial score (nSPS) is 16.9. The molecule has 30 heavy (non-hydrogen) atoms. The highest BCUT2D eigenvalue weighted by Gasteiger charge is 2.28. The summed E-state index contributed by atoms with van der Waals surface area (Å²) in [6.07, 6.45) is 3.33. The maximum absolute atomic E-state index is 5.72. The molecule has 0 saturated heterocycles. The van der Waals surface area contributed by atoms with E-state index in [0.717, 1.165) is 43.1 Å². The van der Waals surface area contributed by atoms with Gasteiger partial charge < -0.3 is 14.0 Å². The van der Waals surface area contributed by atoms with E-state index in [9.17, 15) is 0 Å². The molecule has 0 radical (unpaired) electrons. The molecule has 1 aliphatic rings. The van der Waals surface area contributed by atoms with E-state index in [1.807, 2.05) is 12.1 Å². The zero-order valence-corrected chi connectivity index (χ0v) is 18.5. The van der Waals surface area contributed by atoms with Crippen LogP contribution in [0.3, 0.4) is 0 Å². The third kappa shape index (κ3) is 3.97. The van der Waals surface area contributed by atoms with Crippen molar-refractivity contribution in [3.63, 3.8) is 0 Å². The Morgan fingerprint density at radius 3 is 2.43 bits per heavy atom. The van der Waals surface area contributed by atoms with Gasteiger partial charge in [0, 0.05) is 37.1 Å². The lowest BCUT2D eigenvalue weighted by Gasteiger charge is -2.31. The first kappa shape index (κ1) is 20.5. The molecule has 2 aromatic carbocycles. The summed E-state index contributed by atoms with van der Waals surface area (Å²) >= 11 is 0. The highest BCUT2D eigenvalue weighted by atomic mass is 16.5. The number of benzene rings is 2. The second kappa shape index (κ2) is 8.97. The maximum atomic E-state index is 5.72. The van der Waals surface area contributed by atoms with Crippen molar-refractivity contribution in [1.29, 1.82) is 0 Å². The number of nitrogens with zero attached hydrogens (tertiary/aromatic N) is 2. The van der Waals surface area contributed by atoms with Gasteiger partial charge in [-0.05, 0) is 41.7 Å². The third-order valence-electron chi connectivity index (χ3n) is 6.13. The topological polar surface area (TPSA) is 26.6 Å². The number of hydrogen-bond acceptors (Lipinski definition) is 3. The minimum atomic E-state index is 0.208. The molecule has 2 heterocycles. The SMILES string of the molecule is COc1cccc(CN2CCCn3cccc3[C@@H]2c2ccc(C(C)C)cc2)c1OC. The van der Waals surface area contributed by atoms with E-state index in [1.54, 1.807) is 14.2 Å². The fourth-order valence-electron chi connectivity index (χ4n) is 4.55. The zero-order valence-electron chi connectivity index (χ0n) is 18.5. The van der Waals surface area contributed by atoms with Crippen molar-refractivity contribution >= 4 is 0 Å². The molecule has 1 aromatic heterocycles. The van der Waals surface area contributed by atoms with Crippen LogP contribution in [0.15, 0.2) is 60.8 Å². The lowest BCUT2D eigenvalue weighted by atomic mass is 9.96. The molecule has 0 fully saturated rings. The summed E-state index contributed by atoms with van der Waals surface area (Å²) in [4.78, 5) is 2.57. The summed E-state index contributed by atoms with van der Waals surface area (Å²) in [6.45, 7) is 7.37. The van der Waals surface area contributed by atoms with Crippen LogP contribution in [0.5, 0.6) is 11.5 Å². The number of fused-ring (bicyclic) bond motifs is 1. The van der Waals surface area contributed by atoms with E-state index in [1.165, 1.54) is 16.8 Å². The van der Waals surface area contributed by atoms with E-state index < -0.39 is 0 Å². The first-order chi connectivity index (χ1) is 14.6. The van der Waals surface area contributed by atoms with Crippen molar-refractivity contribution in [1.82, 2.24) is 9.47 Å². The van der Waals surface area contributed by atoms with Gasteiger partial charge in [-0.25, -0.2) is 0 Å². The van der Waals surface area contributed by atoms with Crippen molar-refractivity contribution in [3.05, 3.63) is 83.2 Å². The van der Waals surface area contributed by atoms with Crippen LogP contribution in [0.4, 0.5) is 0 Å². The standard InChI is InChI=1S/C26H32N2O2/c1-19(2)20-11-13-21(14-12-20)25-23-9-6-15-27(23)16-7-17-28(25)18-22-8-5-10-24(29-3)26(22)30-4/h5-6,8-15,19,25H,7,16-18H2,1-4H3/t25-/m0/s1. The van der Waals surface area contributed by atoms with Crippen molar-refractivity contribution < 1.29 is 9.47 Å². The first-order valence-corrected chi connectivity index (χ1v) is 10.8. The second-order valence-corrected chi connectivity index (χ2v) is 8.33. The van der Waals surface area contributed by atoms with Crippen LogP contribution in [-0.4, -0.2) is 30.2 Å². The lowest BCUT2D eigenvalue weighted by Crippen LogP contribution is -2.29. The molecule has 0 N–H and O–H groups in total. The van der Waals surface area contributed by atoms with Crippen molar-refractivity contribution in [2.45, 2.75) is 45.3 Å². The van der Waals surface area contributed by atoms with Gasteiger partial charge in [0.2, 0.25) is 0 Å². The van der Waals surface area contributed by atoms with Gasteiger partial charge >= 0.3 is 0 Å². The Hall–Kier alpha value is -2.72. The Morgan fingerprint density at radius 1 is 0.933 bits per heavy atom. The quantitative estimate of drug-likeness (QED) is 0.533. The molecular weight excluding hydrogens is 372 g/mol. The highest BCUT2D eigenvalue weighted by Crippen LogP contribution is 2.37. The maximum Gasteiger partial charge on any atom is 0.165 e. The number of aryl methyl sites for hydroxylation is 1. The summed E-state index contributed by atoms with van der Waals surface area (Å²) in [5, 5.41) is 0. The average molecular weight is 405 g/mol. The van der Waals surface area contributed by atoms with E-state index in [4.69, 9.17) is 9.47 Å². The second-order valence-electron chi connectivity index (χ2n) is 8.33. The predicted octanol–water partition coefficient (Wildman–Crippen LogP) is 5.62. The zero-order chi connectivity index (χ0) is 21.1. The molecule has 4 heteroatoms. The molecule has 0 saturated carbocycles. The Morgan fingerprint density at radius 2 is 1.73 bits per heavy atom. The van der Waals surface area contributed by atoms with E-state index in [2.05, 4.69) is 72.0 Å². The summed E-state index contributed by atoms with van der Waals surface area (Å²) in [7, 11) is 3.41. The largest absolute Gasteiger partial charge is 0.493 e. The molecule has 0 aliphatic carbocycles. The molecule has 3 aromatic rings. The van der Waals surface area contributed by atoms with E-state index >= 15 is 0 Å². The van der Waals surface area contributed by atoms with Gasteiger partial charge in [0.1, 0.15) is 0 Å². The van der Waals surface area contributed by atoms with Crippen LogP contribution in [0.1, 0.15) is 54.6 Å². The fourth-order valence-corrected chi connectivity index (χ4v) is 4.55. The number of ether oxygens (including phenoxy) is 2. The van der Waals surface area contributed by atoms with Gasteiger partial charge in [-0.15, -0.1) is 0 Å². The van der Waals surface area contributed by atoms with Crippen LogP contribution in [0, 0.1) is 0 Å². The summed E-state index contributed by atoms with van der Waals surface area (Å²) in [6, 6.07) is 20.0. The molecule has 0 spiro atoms. The van der Waals surface area contributed by atoms with Gasteiger partial charge in [-0.2, -0.15) is 0 Å². The molecule has 0 amide bonds. The van der Waals surface area contributed by atoms with Crippen LogP contribution >= 0.6 is 0 Å². The number of hydrogen-bond donors (Lipinski definition) is 0. The smallest absolute Gasteiger partial charge is 0.165 e. The number of aromatic nitrogens is 1. The fraction of sp³-hybridized carbons (Fsp3) is 0.385. The van der Waals surface area contributed by atoms with Crippen LogP contribution in [0.25, 0.3) is 0 Å². The molecular formula is C26H32N2O2. The van der Waals surface area contributed by atoms with Crippen molar-refractivity contribution in [2.24, 2.45) is 0 Å². The minimum Gasteiger partial charge on any atom is -0.493 e. The number of rotatable bonds is 6. The number of para-hydroxylation sites is 1. The van der Waals surface area contributed by atoms with Crippen molar-refractivity contribution in [3.8, 4) is 11.5 Å². The third-order valence-corrected chi connectivity index (χ3v) is 6.13. The van der Waals surface area contributed by atoms with E-state index in [-0.39, 0.29) is 6.04 Å². The van der Waals surface area contributed by atoms with E-state index in [0.29, 0.717) is 5.92 Å². The molecule has 0 bridgehead atoms. The van der Waals surface area contributed by atoms with Gasteiger partial charge in [0.25, 0.3) is 0 Å². The minimum absolute atomic E-state index is 0.208. The first-order valence-electron chi connectivity index (χ1n) is 10.8. The Bertz CT molecular complexity index is 975. The van der Waals surface area contributed by atoms with Crippen molar-refractivity contribution in [2.75, 3.05) is 20.8 Å². The summed E-state index contributed by atoms with van der Waals surface area (Å²) in [5.74, 6) is 2.15. The molecule has 4 nitrogen and oxygen atoms in total. The number of methoxy groups -OCH3 is 2. The molecule has 0 unspecified atom stereocenters. The summed E-state index contributed by atoms with van der Waals surface area (Å²) < 4.78 is 13.7. The van der Waals surface area contributed by atoms with Crippen LogP contribution in [-0.2, 0) is 13.1 Å². The average Bonchev–Trinajstić information content (AvgIpc) is 3.15. The molecule has 4 rings (SSSR count). The molecule has 1 atom stereocenters. The Balaban J connectivity index is 1.74. The lowest BCUT2D eigenvalue weighted by molar-refractivity contribution is 0.216. The van der Waals surface area contributed by atoms with Gasteiger partial charge in [0.05, 0.1) is 20.3 Å². The highest BCUT2D eigenvalue weighted by molar-refractivity contribution is 5.47. The summed E-state index contributed by atoms with van der Waals surface area (Å²) in [5.41, 5.74) is 5.22. The van der Waals surface area contributed by atoms with Gasteiger partial charge in [-0.3, -0.25) is 4.90 Å².